The van der Waals surface area contributed by atoms with Gasteiger partial charge in [-0.25, -0.2) is 0 Å². The van der Waals surface area contributed by atoms with E-state index in [-0.39, 0.29) is 6.10 Å². The minimum atomic E-state index is -0.118. The topological polar surface area (TPSA) is 59.9 Å². The molecule has 25 heavy (non-hydrogen) atoms. The highest BCUT2D eigenvalue weighted by atomic mass is 16.3. The Kier molecular flexibility index (Phi) is 6.19. The van der Waals surface area contributed by atoms with Gasteiger partial charge in [0, 0.05) is 30.9 Å². The van der Waals surface area contributed by atoms with Crippen molar-refractivity contribution >= 4 is 11.6 Å². The van der Waals surface area contributed by atoms with Crippen molar-refractivity contribution in [2.45, 2.75) is 64.1 Å². The van der Waals surface area contributed by atoms with Crippen molar-refractivity contribution in [3.05, 3.63) is 29.8 Å². The maximum absolute atomic E-state index is 9.66. The third kappa shape index (κ3) is 4.66. The Morgan fingerprint density at radius 3 is 2.80 bits per heavy atom. The standard InChI is InChI=1S/C20H32N4O/c1-3-21-20(23-17-8-10-18(25)11-9-17)22-14-15(2)24-13-12-16-6-4-5-7-19(16)24/h4-7,15,17-18,25H,3,8-14H2,1-2H3,(H2,21,22,23). The second kappa shape index (κ2) is 8.56. The van der Waals surface area contributed by atoms with E-state index in [0.717, 1.165) is 57.7 Å². The molecule has 5 heteroatoms. The molecule has 1 aliphatic heterocycles. The van der Waals surface area contributed by atoms with Gasteiger partial charge in [-0.3, -0.25) is 4.99 Å². The molecule has 1 aromatic rings. The molecular formula is C20H32N4O. The Morgan fingerprint density at radius 2 is 2.04 bits per heavy atom. The van der Waals surface area contributed by atoms with Crippen molar-refractivity contribution in [3.8, 4) is 0 Å². The van der Waals surface area contributed by atoms with E-state index in [4.69, 9.17) is 4.99 Å². The molecule has 0 amide bonds. The largest absolute Gasteiger partial charge is 0.393 e. The smallest absolute Gasteiger partial charge is 0.191 e. The Morgan fingerprint density at radius 1 is 1.28 bits per heavy atom. The Hall–Kier alpha value is -1.75. The number of aliphatic hydroxyl groups is 1. The molecule has 1 heterocycles. The van der Waals surface area contributed by atoms with Crippen LogP contribution in [0.4, 0.5) is 5.69 Å². The van der Waals surface area contributed by atoms with Crippen molar-refractivity contribution in [1.29, 1.82) is 0 Å². The van der Waals surface area contributed by atoms with Crippen LogP contribution < -0.4 is 15.5 Å². The average Bonchev–Trinajstić information content (AvgIpc) is 3.06. The number of hydrogen-bond donors (Lipinski definition) is 3. The zero-order valence-corrected chi connectivity index (χ0v) is 15.5. The van der Waals surface area contributed by atoms with E-state index in [1.54, 1.807) is 0 Å². The minimum absolute atomic E-state index is 0.118. The molecule has 0 radical (unpaired) electrons. The first-order valence-corrected chi connectivity index (χ1v) is 9.74. The van der Waals surface area contributed by atoms with E-state index in [0.29, 0.717) is 12.1 Å². The molecule has 0 saturated heterocycles. The minimum Gasteiger partial charge on any atom is -0.393 e. The highest BCUT2D eigenvalue weighted by molar-refractivity contribution is 5.80. The van der Waals surface area contributed by atoms with Crippen molar-refractivity contribution in [2.24, 2.45) is 4.99 Å². The maximum Gasteiger partial charge on any atom is 0.191 e. The fourth-order valence-corrected chi connectivity index (χ4v) is 3.88. The predicted molar refractivity (Wildman–Crippen MR) is 104 cm³/mol. The summed E-state index contributed by atoms with van der Waals surface area (Å²) in [6.07, 6.45) is 4.82. The van der Waals surface area contributed by atoms with Gasteiger partial charge in [-0.15, -0.1) is 0 Å². The number of anilines is 1. The van der Waals surface area contributed by atoms with Crippen molar-refractivity contribution < 1.29 is 5.11 Å². The van der Waals surface area contributed by atoms with Crippen molar-refractivity contribution in [2.75, 3.05) is 24.5 Å². The molecule has 1 atom stereocenters. The van der Waals surface area contributed by atoms with Crippen LogP contribution in [0.5, 0.6) is 0 Å². The van der Waals surface area contributed by atoms with Crippen LogP contribution in [0, 0.1) is 0 Å². The molecule has 1 fully saturated rings. The lowest BCUT2D eigenvalue weighted by Crippen LogP contribution is -2.46. The monoisotopic (exact) mass is 344 g/mol. The molecule has 3 N–H and O–H groups in total. The lowest BCUT2D eigenvalue weighted by atomic mass is 9.93. The quantitative estimate of drug-likeness (QED) is 0.567. The molecule has 1 aromatic carbocycles. The van der Waals surface area contributed by atoms with Gasteiger partial charge in [0.15, 0.2) is 5.96 Å². The number of aliphatic hydroxyl groups excluding tert-OH is 1. The summed E-state index contributed by atoms with van der Waals surface area (Å²) in [5.74, 6) is 0.906. The van der Waals surface area contributed by atoms with Crippen LogP contribution in [0.1, 0.15) is 45.1 Å². The molecule has 5 nitrogen and oxygen atoms in total. The molecule has 2 aliphatic rings. The average molecular weight is 345 g/mol. The number of nitrogens with one attached hydrogen (secondary N) is 2. The van der Waals surface area contributed by atoms with Crippen LogP contribution in [0.3, 0.4) is 0 Å². The number of para-hydroxylation sites is 1. The number of guanidine groups is 1. The zero-order valence-electron chi connectivity index (χ0n) is 15.5. The van der Waals surface area contributed by atoms with E-state index in [1.165, 1.54) is 11.3 Å². The number of nitrogens with zero attached hydrogens (tertiary/aromatic N) is 2. The Bertz CT molecular complexity index is 581. The predicted octanol–water partition coefficient (Wildman–Crippen LogP) is 2.30. The molecule has 1 aliphatic carbocycles. The third-order valence-electron chi connectivity index (χ3n) is 5.35. The summed E-state index contributed by atoms with van der Waals surface area (Å²) in [5.41, 5.74) is 2.81. The summed E-state index contributed by atoms with van der Waals surface area (Å²) in [6.45, 7) is 7.08. The lowest BCUT2D eigenvalue weighted by molar-refractivity contribution is 0.120. The SMILES string of the molecule is CCNC(=NCC(C)N1CCc2ccccc21)NC1CCC(O)CC1. The van der Waals surface area contributed by atoms with Crippen LogP contribution in [0.15, 0.2) is 29.3 Å². The molecule has 0 bridgehead atoms. The number of fused-ring (bicyclic) bond motifs is 1. The van der Waals surface area contributed by atoms with Gasteiger partial charge in [-0.1, -0.05) is 18.2 Å². The second-order valence-electron chi connectivity index (χ2n) is 7.29. The summed E-state index contributed by atoms with van der Waals surface area (Å²) < 4.78 is 0. The lowest BCUT2D eigenvalue weighted by Gasteiger charge is -2.29. The normalized spacial score (nSPS) is 24.8. The fraction of sp³-hybridized carbons (Fsp3) is 0.650. The van der Waals surface area contributed by atoms with Gasteiger partial charge in [0.1, 0.15) is 0 Å². The third-order valence-corrected chi connectivity index (χ3v) is 5.35. The highest BCUT2D eigenvalue weighted by Crippen LogP contribution is 2.29. The van der Waals surface area contributed by atoms with Gasteiger partial charge in [0.05, 0.1) is 12.6 Å². The number of aliphatic imine (C=N–C) groups is 1. The van der Waals surface area contributed by atoms with Crippen LogP contribution in [-0.2, 0) is 6.42 Å². The summed E-state index contributed by atoms with van der Waals surface area (Å²) in [4.78, 5) is 7.31. The number of hydrogen-bond acceptors (Lipinski definition) is 3. The molecule has 0 aromatic heterocycles. The summed E-state index contributed by atoms with van der Waals surface area (Å²) in [6, 6.07) is 9.50. The number of rotatable bonds is 5. The fourth-order valence-electron chi connectivity index (χ4n) is 3.88. The van der Waals surface area contributed by atoms with E-state index in [1.807, 2.05) is 0 Å². The Balaban J connectivity index is 1.57. The van der Waals surface area contributed by atoms with Gasteiger partial charge in [0.2, 0.25) is 0 Å². The summed E-state index contributed by atoms with van der Waals surface area (Å²) >= 11 is 0. The summed E-state index contributed by atoms with van der Waals surface area (Å²) in [7, 11) is 0. The molecule has 1 saturated carbocycles. The van der Waals surface area contributed by atoms with E-state index in [9.17, 15) is 5.11 Å². The van der Waals surface area contributed by atoms with Crippen LogP contribution in [0.2, 0.25) is 0 Å². The molecule has 138 valence electrons. The van der Waals surface area contributed by atoms with Gasteiger partial charge in [-0.05, 0) is 57.6 Å². The maximum atomic E-state index is 9.66. The molecular weight excluding hydrogens is 312 g/mol. The van der Waals surface area contributed by atoms with Crippen LogP contribution in [0.25, 0.3) is 0 Å². The number of benzene rings is 1. The summed E-state index contributed by atoms with van der Waals surface area (Å²) in [5, 5.41) is 16.6. The van der Waals surface area contributed by atoms with E-state index >= 15 is 0 Å². The van der Waals surface area contributed by atoms with Gasteiger partial charge >= 0.3 is 0 Å². The van der Waals surface area contributed by atoms with Gasteiger partial charge < -0.3 is 20.6 Å². The van der Waals surface area contributed by atoms with Crippen LogP contribution in [-0.4, -0.2) is 48.9 Å². The Labute approximate surface area is 151 Å². The van der Waals surface area contributed by atoms with Crippen LogP contribution >= 0.6 is 0 Å². The first-order valence-electron chi connectivity index (χ1n) is 9.74. The zero-order chi connectivity index (χ0) is 17.6. The molecule has 3 rings (SSSR count). The molecule has 0 spiro atoms. The van der Waals surface area contributed by atoms with Crippen molar-refractivity contribution in [3.63, 3.8) is 0 Å². The van der Waals surface area contributed by atoms with E-state index < -0.39 is 0 Å². The molecule has 1 unspecified atom stereocenters. The van der Waals surface area contributed by atoms with E-state index in [2.05, 4.69) is 53.6 Å². The first-order chi connectivity index (χ1) is 12.2. The van der Waals surface area contributed by atoms with Gasteiger partial charge in [0.25, 0.3) is 0 Å². The first kappa shape index (κ1) is 18.1. The second-order valence-corrected chi connectivity index (χ2v) is 7.29. The highest BCUT2D eigenvalue weighted by Gasteiger charge is 2.23. The van der Waals surface area contributed by atoms with Gasteiger partial charge in [-0.2, -0.15) is 0 Å². The van der Waals surface area contributed by atoms with Crippen molar-refractivity contribution in [1.82, 2.24) is 10.6 Å².